The van der Waals surface area contributed by atoms with Crippen molar-refractivity contribution in [2.45, 2.75) is 0 Å². The second kappa shape index (κ2) is 3.56. The molecule has 1 aromatic heterocycles. The molecule has 3 heteroatoms. The second-order valence-electron chi connectivity index (χ2n) is 2.66. The van der Waals surface area contributed by atoms with E-state index in [4.69, 9.17) is 11.6 Å². The van der Waals surface area contributed by atoms with Crippen molar-refractivity contribution in [2.75, 3.05) is 0 Å². The molecule has 0 saturated carbocycles. The Labute approximate surface area is 90.1 Å². The first-order chi connectivity index (χ1) is 6.29. The van der Waals surface area contributed by atoms with Crippen LogP contribution in [-0.4, -0.2) is 4.57 Å². The zero-order valence-corrected chi connectivity index (χ0v) is 9.09. The van der Waals surface area contributed by atoms with Gasteiger partial charge in [0.15, 0.2) is 0 Å². The first kappa shape index (κ1) is 8.85. The summed E-state index contributed by atoms with van der Waals surface area (Å²) in [6.07, 6.45) is 3.97. The van der Waals surface area contributed by atoms with Gasteiger partial charge in [0, 0.05) is 12.4 Å². The summed E-state index contributed by atoms with van der Waals surface area (Å²) in [5.41, 5.74) is 1.05. The van der Waals surface area contributed by atoms with E-state index >= 15 is 0 Å². The molecule has 0 aliphatic carbocycles. The van der Waals surface area contributed by atoms with Gasteiger partial charge >= 0.3 is 0 Å². The Hall–Kier alpha value is -0.730. The molecule has 0 spiro atoms. The lowest BCUT2D eigenvalue weighted by Gasteiger charge is -2.06. The third-order valence-electron chi connectivity index (χ3n) is 1.81. The van der Waals surface area contributed by atoms with Gasteiger partial charge in [0.2, 0.25) is 0 Å². The highest BCUT2D eigenvalue weighted by Gasteiger charge is 2.03. The maximum absolute atomic E-state index is 5.97. The lowest BCUT2D eigenvalue weighted by Crippen LogP contribution is -1.90. The highest BCUT2D eigenvalue weighted by atomic mass is 79.9. The molecule has 1 heterocycles. The van der Waals surface area contributed by atoms with Gasteiger partial charge in [0.05, 0.1) is 15.2 Å². The van der Waals surface area contributed by atoms with Crippen LogP contribution in [0.4, 0.5) is 0 Å². The number of benzene rings is 1. The fourth-order valence-corrected chi connectivity index (χ4v) is 1.83. The molecule has 2 rings (SSSR count). The van der Waals surface area contributed by atoms with E-state index in [1.165, 1.54) is 0 Å². The van der Waals surface area contributed by atoms with Gasteiger partial charge in [-0.3, -0.25) is 0 Å². The summed E-state index contributed by atoms with van der Waals surface area (Å²) < 4.78 is 2.93. The minimum Gasteiger partial charge on any atom is -0.323 e. The molecule has 2 aromatic rings. The molecular formula is C10H7BrClN. The van der Waals surface area contributed by atoms with Crippen molar-refractivity contribution in [3.05, 3.63) is 52.2 Å². The van der Waals surface area contributed by atoms with Crippen molar-refractivity contribution in [3.8, 4) is 5.69 Å². The molecule has 0 aliphatic heterocycles. The Kier molecular flexibility index (Phi) is 2.42. The van der Waals surface area contributed by atoms with Crippen LogP contribution in [0.25, 0.3) is 5.69 Å². The van der Waals surface area contributed by atoms with Crippen molar-refractivity contribution in [1.29, 1.82) is 0 Å². The summed E-state index contributed by atoms with van der Waals surface area (Å²) >= 11 is 9.42. The largest absolute Gasteiger partial charge is 0.323 e. The number of halogens is 2. The molecule has 0 atom stereocenters. The fraction of sp³-hybridized carbons (Fsp3) is 0. The van der Waals surface area contributed by atoms with Gasteiger partial charge in [-0.2, -0.15) is 0 Å². The SMILES string of the molecule is Clc1cccc(-n2cccc2)c1Br. The highest BCUT2D eigenvalue weighted by Crippen LogP contribution is 2.28. The minimum atomic E-state index is 0.728. The topological polar surface area (TPSA) is 4.93 Å². The molecule has 1 nitrogen and oxygen atoms in total. The van der Waals surface area contributed by atoms with Gasteiger partial charge < -0.3 is 4.57 Å². The summed E-state index contributed by atoms with van der Waals surface area (Å²) in [5.74, 6) is 0. The van der Waals surface area contributed by atoms with Crippen molar-refractivity contribution >= 4 is 27.5 Å². The zero-order chi connectivity index (χ0) is 9.26. The lowest BCUT2D eigenvalue weighted by atomic mass is 10.3. The van der Waals surface area contributed by atoms with Crippen LogP contribution < -0.4 is 0 Å². The van der Waals surface area contributed by atoms with Crippen LogP contribution in [0.15, 0.2) is 47.2 Å². The number of hydrogen-bond donors (Lipinski definition) is 0. The van der Waals surface area contributed by atoms with Gasteiger partial charge in [-0.05, 0) is 40.2 Å². The van der Waals surface area contributed by atoms with Crippen LogP contribution >= 0.6 is 27.5 Å². The Bertz CT molecular complexity index is 409. The van der Waals surface area contributed by atoms with E-state index in [9.17, 15) is 0 Å². The molecule has 13 heavy (non-hydrogen) atoms. The fourth-order valence-electron chi connectivity index (χ4n) is 1.19. The second-order valence-corrected chi connectivity index (χ2v) is 3.86. The van der Waals surface area contributed by atoms with Crippen molar-refractivity contribution in [3.63, 3.8) is 0 Å². The minimum absolute atomic E-state index is 0.728. The van der Waals surface area contributed by atoms with Gasteiger partial charge in [-0.15, -0.1) is 0 Å². The molecule has 0 bridgehead atoms. The standard InChI is InChI=1S/C10H7BrClN/c11-10-8(12)4-3-5-9(10)13-6-1-2-7-13/h1-7H. The quantitative estimate of drug-likeness (QED) is 0.729. The maximum atomic E-state index is 5.97. The Morgan fingerprint density at radius 2 is 1.77 bits per heavy atom. The summed E-state index contributed by atoms with van der Waals surface area (Å²) in [5, 5.41) is 0.728. The van der Waals surface area contributed by atoms with Crippen LogP contribution in [0.1, 0.15) is 0 Å². The molecule has 0 aliphatic rings. The highest BCUT2D eigenvalue weighted by molar-refractivity contribution is 9.10. The van der Waals surface area contributed by atoms with E-state index in [0.717, 1.165) is 15.2 Å². The van der Waals surface area contributed by atoms with E-state index in [1.807, 2.05) is 47.3 Å². The Morgan fingerprint density at radius 3 is 2.46 bits per heavy atom. The molecule has 0 N–H and O–H groups in total. The van der Waals surface area contributed by atoms with Crippen LogP contribution in [0.2, 0.25) is 5.02 Å². The van der Waals surface area contributed by atoms with Gasteiger partial charge in [0.1, 0.15) is 0 Å². The zero-order valence-electron chi connectivity index (χ0n) is 6.74. The first-order valence-electron chi connectivity index (χ1n) is 3.86. The predicted molar refractivity (Wildman–Crippen MR) is 58.5 cm³/mol. The average Bonchev–Trinajstić information content (AvgIpc) is 2.62. The maximum Gasteiger partial charge on any atom is 0.0606 e. The van der Waals surface area contributed by atoms with E-state index in [0.29, 0.717) is 0 Å². The van der Waals surface area contributed by atoms with E-state index in [-0.39, 0.29) is 0 Å². The number of nitrogens with zero attached hydrogens (tertiary/aromatic N) is 1. The van der Waals surface area contributed by atoms with E-state index < -0.39 is 0 Å². The monoisotopic (exact) mass is 255 g/mol. The lowest BCUT2D eigenvalue weighted by molar-refractivity contribution is 1.07. The van der Waals surface area contributed by atoms with Crippen molar-refractivity contribution in [1.82, 2.24) is 4.57 Å². The number of rotatable bonds is 1. The molecule has 0 unspecified atom stereocenters. The van der Waals surface area contributed by atoms with Gasteiger partial charge in [-0.1, -0.05) is 17.7 Å². The van der Waals surface area contributed by atoms with Gasteiger partial charge in [-0.25, -0.2) is 0 Å². The summed E-state index contributed by atoms with van der Waals surface area (Å²) in [6.45, 7) is 0. The van der Waals surface area contributed by atoms with Crippen LogP contribution in [-0.2, 0) is 0 Å². The van der Waals surface area contributed by atoms with Crippen LogP contribution in [0, 0.1) is 0 Å². The molecule has 0 amide bonds. The first-order valence-corrected chi connectivity index (χ1v) is 5.03. The number of hydrogen-bond acceptors (Lipinski definition) is 0. The molecule has 66 valence electrons. The van der Waals surface area contributed by atoms with Crippen molar-refractivity contribution in [2.24, 2.45) is 0 Å². The van der Waals surface area contributed by atoms with Crippen molar-refractivity contribution < 1.29 is 0 Å². The van der Waals surface area contributed by atoms with Crippen LogP contribution in [0.5, 0.6) is 0 Å². The van der Waals surface area contributed by atoms with E-state index in [2.05, 4.69) is 15.9 Å². The number of aromatic nitrogens is 1. The smallest absolute Gasteiger partial charge is 0.0606 e. The van der Waals surface area contributed by atoms with E-state index in [1.54, 1.807) is 0 Å². The molecule has 0 saturated heterocycles. The third kappa shape index (κ3) is 1.64. The van der Waals surface area contributed by atoms with Crippen LogP contribution in [0.3, 0.4) is 0 Å². The summed E-state index contributed by atoms with van der Waals surface area (Å²) in [7, 11) is 0. The molecule has 1 aromatic carbocycles. The summed E-state index contributed by atoms with van der Waals surface area (Å²) in [4.78, 5) is 0. The normalized spacial score (nSPS) is 10.3. The molecular weight excluding hydrogens is 249 g/mol. The Morgan fingerprint density at radius 1 is 1.08 bits per heavy atom. The molecule has 0 radical (unpaired) electrons. The van der Waals surface area contributed by atoms with Gasteiger partial charge in [0.25, 0.3) is 0 Å². The molecule has 0 fully saturated rings. The summed E-state index contributed by atoms with van der Waals surface area (Å²) in [6, 6.07) is 9.76. The average molecular weight is 257 g/mol. The third-order valence-corrected chi connectivity index (χ3v) is 3.19. The predicted octanol–water partition coefficient (Wildman–Crippen LogP) is 3.89. The Balaban J connectivity index is 2.59.